The summed E-state index contributed by atoms with van der Waals surface area (Å²) in [5.74, 6) is -3.86. The topological polar surface area (TPSA) is 137 Å². The quantitative estimate of drug-likeness (QED) is 0.373. The lowest BCUT2D eigenvalue weighted by Crippen LogP contribution is -2.36. The molecule has 11 nitrogen and oxygen atoms in total. The van der Waals surface area contributed by atoms with Crippen LogP contribution in [0.4, 0.5) is 10.5 Å². The van der Waals surface area contributed by atoms with E-state index in [9.17, 15) is 28.8 Å². The smallest absolute Gasteiger partial charge is 0.421 e. The summed E-state index contributed by atoms with van der Waals surface area (Å²) in [4.78, 5) is 76.7. The van der Waals surface area contributed by atoms with E-state index in [-0.39, 0.29) is 24.1 Å². The molecule has 2 aliphatic heterocycles. The molecule has 1 atom stereocenters. The van der Waals surface area contributed by atoms with Gasteiger partial charge in [-0.1, -0.05) is 25.0 Å². The van der Waals surface area contributed by atoms with E-state index < -0.39 is 48.0 Å². The molecule has 2 aliphatic rings. The lowest BCUT2D eigenvalue weighted by atomic mass is 10.2. The number of hydroxylamine groups is 2. The van der Waals surface area contributed by atoms with Gasteiger partial charge in [-0.05, 0) is 18.2 Å². The van der Waals surface area contributed by atoms with Crippen LogP contribution in [0.5, 0.6) is 0 Å². The molecule has 0 aromatic heterocycles. The number of carbonyl (C=O) groups excluding carboxylic acids is 6. The van der Waals surface area contributed by atoms with Gasteiger partial charge in [-0.3, -0.25) is 24.0 Å². The number of benzene rings is 1. The fraction of sp³-hybridized carbons (Fsp3) is 0.300. The Morgan fingerprint density at radius 2 is 1.55 bits per heavy atom. The number of carbonyl (C=O) groups is 6. The van der Waals surface area contributed by atoms with Gasteiger partial charge in [0, 0.05) is 30.9 Å². The summed E-state index contributed by atoms with van der Waals surface area (Å²) in [7, 11) is 0. The highest BCUT2D eigenvalue weighted by Crippen LogP contribution is 2.22. The second kappa shape index (κ2) is 8.78. The Bertz CT molecular complexity index is 964. The molecule has 1 aromatic rings. The van der Waals surface area contributed by atoms with Crippen molar-refractivity contribution in [3.05, 3.63) is 42.0 Å². The van der Waals surface area contributed by atoms with Crippen LogP contribution in [0.15, 0.2) is 36.4 Å². The minimum absolute atomic E-state index is 0.00230. The maximum absolute atomic E-state index is 12.5. The van der Waals surface area contributed by atoms with Crippen molar-refractivity contribution < 1.29 is 43.1 Å². The Hall–Kier alpha value is -4.02. The summed E-state index contributed by atoms with van der Waals surface area (Å²) in [5, 5.41) is 0.309. The number of hydrogen-bond donors (Lipinski definition) is 0. The molecule has 0 saturated carbocycles. The molecule has 1 saturated heterocycles. The first kappa shape index (κ1) is 21.7. The Kier molecular flexibility index (Phi) is 6.14. The van der Waals surface area contributed by atoms with E-state index in [0.29, 0.717) is 5.06 Å². The van der Waals surface area contributed by atoms with Gasteiger partial charge < -0.3 is 9.47 Å². The molecule has 0 radical (unpaired) electrons. The zero-order valence-electron chi connectivity index (χ0n) is 16.6. The van der Waals surface area contributed by atoms with Gasteiger partial charge in [-0.15, -0.1) is 0 Å². The van der Waals surface area contributed by atoms with Gasteiger partial charge in [0.25, 0.3) is 29.9 Å². The first-order valence-corrected chi connectivity index (χ1v) is 9.29. The van der Waals surface area contributed by atoms with Crippen LogP contribution < -0.4 is 4.90 Å². The summed E-state index contributed by atoms with van der Waals surface area (Å²) < 4.78 is 10.2. The van der Waals surface area contributed by atoms with Crippen LogP contribution in [0.25, 0.3) is 0 Å². The van der Waals surface area contributed by atoms with Gasteiger partial charge in [-0.2, -0.15) is 0 Å². The lowest BCUT2D eigenvalue weighted by Gasteiger charge is -2.22. The molecule has 4 amide bonds. The standard InChI is InChI=1S/C20H18N2O9/c1-11(2)19(30-20(28)31-22-16(25)8-9-17(22)26)29-18(27)12-4-3-5-13(10-12)21-14(23)6-7-15(21)24/h3-7,10-11,19H,8-9H2,1-2H3. The van der Waals surface area contributed by atoms with E-state index in [2.05, 4.69) is 4.84 Å². The van der Waals surface area contributed by atoms with Crippen molar-refractivity contribution >= 4 is 41.4 Å². The molecule has 0 N–H and O–H groups in total. The molecule has 3 rings (SSSR count). The highest BCUT2D eigenvalue weighted by Gasteiger charge is 2.35. The molecule has 1 unspecified atom stereocenters. The molecule has 0 bridgehead atoms. The third-order valence-electron chi connectivity index (χ3n) is 4.30. The normalized spacial score (nSPS) is 16.9. The number of nitrogens with zero attached hydrogens (tertiary/aromatic N) is 2. The number of esters is 1. The monoisotopic (exact) mass is 430 g/mol. The van der Waals surface area contributed by atoms with Crippen LogP contribution in [-0.4, -0.2) is 47.1 Å². The van der Waals surface area contributed by atoms with Crippen LogP contribution in [0.1, 0.15) is 37.0 Å². The molecule has 11 heteroatoms. The maximum Gasteiger partial charge on any atom is 0.537 e. The van der Waals surface area contributed by atoms with Crippen molar-refractivity contribution in [1.82, 2.24) is 5.06 Å². The van der Waals surface area contributed by atoms with Crippen LogP contribution in [0.2, 0.25) is 0 Å². The molecule has 1 fully saturated rings. The van der Waals surface area contributed by atoms with Gasteiger partial charge in [0.05, 0.1) is 11.3 Å². The Balaban J connectivity index is 1.67. The van der Waals surface area contributed by atoms with Gasteiger partial charge in [-0.25, -0.2) is 14.5 Å². The predicted molar refractivity (Wildman–Crippen MR) is 101 cm³/mol. The van der Waals surface area contributed by atoms with Crippen LogP contribution in [-0.2, 0) is 33.5 Å². The van der Waals surface area contributed by atoms with E-state index in [4.69, 9.17) is 9.47 Å². The summed E-state index contributed by atoms with van der Waals surface area (Å²) in [6.07, 6.45) is -0.726. The Labute approximate surface area is 176 Å². The second-order valence-corrected chi connectivity index (χ2v) is 6.95. The van der Waals surface area contributed by atoms with Gasteiger partial charge in [0.15, 0.2) is 0 Å². The van der Waals surface area contributed by atoms with Crippen molar-refractivity contribution in [3.63, 3.8) is 0 Å². The summed E-state index contributed by atoms with van der Waals surface area (Å²) in [5.41, 5.74) is 0.166. The van der Waals surface area contributed by atoms with E-state index in [1.54, 1.807) is 13.8 Å². The van der Waals surface area contributed by atoms with E-state index >= 15 is 0 Å². The molecular weight excluding hydrogens is 412 g/mol. The fourth-order valence-electron chi connectivity index (χ4n) is 2.75. The Morgan fingerprint density at radius 1 is 0.935 bits per heavy atom. The average molecular weight is 430 g/mol. The van der Waals surface area contributed by atoms with E-state index in [1.807, 2.05) is 0 Å². The SMILES string of the molecule is CC(C)C(OC(=O)ON1C(=O)CCC1=O)OC(=O)c1cccc(N2C(=O)C=CC2=O)c1. The molecule has 0 spiro atoms. The third kappa shape index (κ3) is 4.77. The number of imide groups is 2. The molecule has 1 aromatic carbocycles. The number of rotatable bonds is 6. The van der Waals surface area contributed by atoms with Gasteiger partial charge in [0.2, 0.25) is 0 Å². The van der Waals surface area contributed by atoms with E-state index in [1.165, 1.54) is 24.3 Å². The largest absolute Gasteiger partial charge is 0.537 e. The molecule has 31 heavy (non-hydrogen) atoms. The Morgan fingerprint density at radius 3 is 2.13 bits per heavy atom. The number of hydrogen-bond acceptors (Lipinski definition) is 9. The van der Waals surface area contributed by atoms with Crippen molar-refractivity contribution in [2.75, 3.05) is 4.90 Å². The minimum Gasteiger partial charge on any atom is -0.421 e. The molecular formula is C20H18N2O9. The molecule has 2 heterocycles. The average Bonchev–Trinajstić information content (AvgIpc) is 3.22. The summed E-state index contributed by atoms with van der Waals surface area (Å²) in [6.45, 7) is 3.20. The van der Waals surface area contributed by atoms with Gasteiger partial charge >= 0.3 is 12.1 Å². The maximum atomic E-state index is 12.5. The highest BCUT2D eigenvalue weighted by atomic mass is 16.9. The summed E-state index contributed by atoms with van der Waals surface area (Å²) in [6, 6.07) is 5.59. The third-order valence-corrected chi connectivity index (χ3v) is 4.30. The highest BCUT2D eigenvalue weighted by molar-refractivity contribution is 6.28. The van der Waals surface area contributed by atoms with Crippen molar-refractivity contribution in [1.29, 1.82) is 0 Å². The van der Waals surface area contributed by atoms with Crippen LogP contribution >= 0.6 is 0 Å². The fourth-order valence-corrected chi connectivity index (χ4v) is 2.75. The molecule has 0 aliphatic carbocycles. The number of amides is 4. The zero-order valence-corrected chi connectivity index (χ0v) is 16.6. The lowest BCUT2D eigenvalue weighted by molar-refractivity contribution is -0.187. The van der Waals surface area contributed by atoms with Crippen molar-refractivity contribution in [2.45, 2.75) is 33.0 Å². The number of ether oxygens (including phenoxy) is 2. The molecule has 162 valence electrons. The predicted octanol–water partition coefficient (Wildman–Crippen LogP) is 1.47. The first-order chi connectivity index (χ1) is 14.7. The second-order valence-electron chi connectivity index (χ2n) is 6.95. The van der Waals surface area contributed by atoms with Crippen molar-refractivity contribution in [3.8, 4) is 0 Å². The van der Waals surface area contributed by atoms with Crippen LogP contribution in [0.3, 0.4) is 0 Å². The first-order valence-electron chi connectivity index (χ1n) is 9.29. The van der Waals surface area contributed by atoms with Crippen LogP contribution in [0, 0.1) is 5.92 Å². The minimum atomic E-state index is -1.40. The zero-order chi connectivity index (χ0) is 22.7. The van der Waals surface area contributed by atoms with E-state index in [0.717, 1.165) is 17.1 Å². The number of anilines is 1. The van der Waals surface area contributed by atoms with Gasteiger partial charge in [0.1, 0.15) is 0 Å². The summed E-state index contributed by atoms with van der Waals surface area (Å²) >= 11 is 0. The van der Waals surface area contributed by atoms with Crippen molar-refractivity contribution in [2.24, 2.45) is 5.92 Å².